The molecule has 0 aliphatic heterocycles. The summed E-state index contributed by atoms with van der Waals surface area (Å²) in [5.41, 5.74) is 12.6. The first-order valence-corrected chi connectivity index (χ1v) is 35.9. The topological polar surface area (TPSA) is 105 Å². The molecule has 13 rings (SSSR count). The van der Waals surface area contributed by atoms with E-state index in [9.17, 15) is 0 Å². The maximum absolute atomic E-state index is 4.89. The van der Waals surface area contributed by atoms with Crippen molar-refractivity contribution in [2.45, 2.75) is 232 Å². The van der Waals surface area contributed by atoms with Crippen molar-refractivity contribution in [2.75, 3.05) is 0 Å². The van der Waals surface area contributed by atoms with Crippen LogP contribution in [0.1, 0.15) is 219 Å². The average molecular weight is 1220 g/mol. The molecular weight excluding hydrogens is 1120 g/mol. The second-order valence-electron chi connectivity index (χ2n) is 26.9. The number of fused-ring (bicyclic) bond motifs is 18. The molecule has 0 saturated carbocycles. The summed E-state index contributed by atoms with van der Waals surface area (Å²) in [4.78, 5) is 0. The molecule has 7 aromatic heterocycles. The monoisotopic (exact) mass is 1210 g/mol. The van der Waals surface area contributed by atoms with E-state index >= 15 is 0 Å². The van der Waals surface area contributed by atoms with Gasteiger partial charge < -0.3 is 13.7 Å². The van der Waals surface area contributed by atoms with Crippen molar-refractivity contribution in [2.24, 2.45) is 7.05 Å². The Morgan fingerprint density at radius 2 is 0.505 bits per heavy atom. The van der Waals surface area contributed by atoms with Crippen LogP contribution in [0.4, 0.5) is 0 Å². The van der Waals surface area contributed by atoms with Crippen molar-refractivity contribution in [1.82, 2.24) is 58.2 Å². The molecule has 0 unspecified atom stereocenters. The van der Waals surface area contributed by atoms with Gasteiger partial charge in [0.15, 0.2) is 0 Å². The quantitative estimate of drug-likeness (QED) is 0.0372. The van der Waals surface area contributed by atoms with E-state index in [1.807, 2.05) is 13.5 Å². The Bertz CT molecular complexity index is 4400. The van der Waals surface area contributed by atoms with Crippen molar-refractivity contribution in [3.05, 3.63) is 128 Å². The molecule has 12 nitrogen and oxygen atoms in total. The van der Waals surface area contributed by atoms with Gasteiger partial charge in [0.2, 0.25) is 0 Å². The Morgan fingerprint density at radius 3 is 0.824 bits per heavy atom. The maximum atomic E-state index is 4.89. The number of hydrogen-bond acceptors (Lipinski definition) is 6. The van der Waals surface area contributed by atoms with E-state index in [0.29, 0.717) is 0 Å². The molecule has 0 saturated heterocycles. The summed E-state index contributed by atoms with van der Waals surface area (Å²) in [7, 11) is 2.15. The first-order valence-electron chi connectivity index (χ1n) is 35.9. The van der Waals surface area contributed by atoms with Gasteiger partial charge in [0.05, 0.1) is 35.1 Å². The molecule has 0 radical (unpaired) electrons. The third-order valence-electron chi connectivity index (χ3n) is 20.3. The van der Waals surface area contributed by atoms with E-state index in [1.54, 1.807) is 0 Å². The van der Waals surface area contributed by atoms with Crippen LogP contribution in [-0.4, -0.2) is 58.2 Å². The summed E-state index contributed by atoms with van der Waals surface area (Å²) < 4.78 is 13.2. The van der Waals surface area contributed by atoms with Crippen LogP contribution in [0.2, 0.25) is 0 Å². The lowest BCUT2D eigenvalue weighted by molar-refractivity contribution is 0.524. The highest BCUT2D eigenvalue weighted by molar-refractivity contribution is 6.14. The van der Waals surface area contributed by atoms with Gasteiger partial charge in [-0.3, -0.25) is 0 Å². The van der Waals surface area contributed by atoms with Gasteiger partial charge in [0.25, 0.3) is 0 Å². The van der Waals surface area contributed by atoms with Gasteiger partial charge in [-0.25, -0.2) is 13.5 Å². The molecule has 0 spiro atoms. The predicted octanol–water partition coefficient (Wildman–Crippen LogP) is 22.3. The predicted molar refractivity (Wildman–Crippen MR) is 384 cm³/mol. The Morgan fingerprint density at radius 1 is 0.264 bits per heavy atom. The summed E-state index contributed by atoms with van der Waals surface area (Å²) in [6.07, 6.45) is 49.9. The fourth-order valence-corrected chi connectivity index (χ4v) is 15.0. The lowest BCUT2D eigenvalue weighted by Gasteiger charge is -2.08. The molecule has 12 heteroatoms. The van der Waals surface area contributed by atoms with Gasteiger partial charge in [-0.1, -0.05) is 240 Å². The van der Waals surface area contributed by atoms with Crippen LogP contribution in [0, 0.1) is 0 Å². The van der Waals surface area contributed by atoms with Crippen molar-refractivity contribution >= 4 is 115 Å². The molecule has 0 amide bonds. The first kappa shape index (κ1) is 62.0. The number of aromatic nitrogens is 12. The van der Waals surface area contributed by atoms with Gasteiger partial charge in [0.1, 0.15) is 16.6 Å². The molecule has 0 aliphatic rings. The minimum absolute atomic E-state index is 0.819. The third kappa shape index (κ3) is 14.1. The van der Waals surface area contributed by atoms with Crippen LogP contribution in [0.5, 0.6) is 0 Å². The Kier molecular flexibility index (Phi) is 20.5. The molecule has 0 aliphatic carbocycles. The summed E-state index contributed by atoms with van der Waals surface area (Å²) in [5, 5.41) is 39.1. The molecule has 6 aromatic carbocycles. The van der Waals surface area contributed by atoms with Crippen molar-refractivity contribution in [3.63, 3.8) is 0 Å². The summed E-state index contributed by atoms with van der Waals surface area (Å²) in [5.74, 6) is 0. The third-order valence-corrected chi connectivity index (χ3v) is 20.3. The fraction of sp³-hybridized carbons (Fsp3) is 0.468. The lowest BCUT2D eigenvalue weighted by Crippen LogP contribution is -1.98. The molecule has 7 heterocycles. The minimum Gasteiger partial charge on any atom is -0.344 e. The molecule has 91 heavy (non-hydrogen) atoms. The standard InChI is InChI=1S/C79H98N12/c1-4-6-8-10-12-14-16-18-20-22-24-26-28-30-32-34-48-87-76-43-37-60-51-66(76)70-55-64(41-47-79(70)87)91-58-73(82-85-91)61-38-44-77-67(52-61)69-54-63(40-46-78(69)88(77)49-35-33-31-29-27-25-23-21-19-17-15-13-11-9-7-5-2)90-56-71(80-84-90)59-36-42-74-65(50-59)68-53-62(39-45-75(68)86(74)3)89-57-72(60)81-83-89/h36-47,50-58H,4-35,48-49H2,1-3H3. The molecular formula is C79H98N12. The van der Waals surface area contributed by atoms with Gasteiger partial charge in [-0.15, -0.1) is 15.3 Å². The van der Waals surface area contributed by atoms with Crippen LogP contribution in [0.25, 0.3) is 115 Å². The zero-order valence-corrected chi connectivity index (χ0v) is 55.0. The van der Waals surface area contributed by atoms with E-state index in [1.165, 1.54) is 236 Å². The Hall–Kier alpha value is -7.86. The zero-order valence-electron chi connectivity index (χ0n) is 55.0. The second-order valence-corrected chi connectivity index (χ2v) is 26.9. The summed E-state index contributed by atoms with van der Waals surface area (Å²) in [6.45, 7) is 6.55. The van der Waals surface area contributed by atoms with E-state index in [-0.39, 0.29) is 0 Å². The number of hydrogen-bond donors (Lipinski definition) is 0. The largest absolute Gasteiger partial charge is 0.344 e. The van der Waals surface area contributed by atoms with Crippen LogP contribution >= 0.6 is 0 Å². The number of aryl methyl sites for hydroxylation is 3. The van der Waals surface area contributed by atoms with Gasteiger partial charge in [0, 0.05) is 102 Å². The number of unbranched alkanes of at least 4 members (excludes halogenated alkanes) is 30. The van der Waals surface area contributed by atoms with Crippen LogP contribution < -0.4 is 0 Å². The first-order chi connectivity index (χ1) is 45.0. The second kappa shape index (κ2) is 30.1. The van der Waals surface area contributed by atoms with Gasteiger partial charge in [-0.05, 0) is 104 Å². The lowest BCUT2D eigenvalue weighted by atomic mass is 10.0. The molecule has 474 valence electrons. The van der Waals surface area contributed by atoms with Gasteiger partial charge >= 0.3 is 0 Å². The fourth-order valence-electron chi connectivity index (χ4n) is 15.0. The smallest absolute Gasteiger partial charge is 0.113 e. The van der Waals surface area contributed by atoms with Crippen LogP contribution in [0.15, 0.2) is 128 Å². The number of nitrogens with zero attached hydrogens (tertiary/aromatic N) is 12. The van der Waals surface area contributed by atoms with Crippen molar-refractivity contribution < 1.29 is 0 Å². The van der Waals surface area contributed by atoms with E-state index in [2.05, 4.69) is 162 Å². The Balaban J connectivity index is 0.806. The van der Waals surface area contributed by atoms with E-state index in [4.69, 9.17) is 30.9 Å². The molecule has 18 bridgehead atoms. The SMILES string of the molecule is CCCCCCCCCCCCCCCCCCn1c2ccc3cc2c2cc(ccc21)n1cc(nn1)c1ccc2c(c1)c1cc(ccc1n2C)n1cc(nn1)c1ccc2c(c1)c1cc(ccc1n2CCCCCCCCCCCCCCCCCC)n1cc3nn1. The molecule has 13 aromatic rings. The van der Waals surface area contributed by atoms with Crippen LogP contribution in [-0.2, 0) is 20.1 Å². The molecule has 0 fully saturated rings. The van der Waals surface area contributed by atoms with E-state index < -0.39 is 0 Å². The van der Waals surface area contributed by atoms with Crippen LogP contribution in [0.3, 0.4) is 0 Å². The minimum atomic E-state index is 0.819. The van der Waals surface area contributed by atoms with Crippen molar-refractivity contribution in [3.8, 4) is 0 Å². The summed E-state index contributed by atoms with van der Waals surface area (Å²) in [6, 6.07) is 40.6. The highest BCUT2D eigenvalue weighted by Crippen LogP contribution is 2.36. The average Bonchev–Trinajstić information content (AvgIpc) is 1.64. The normalized spacial score (nSPS) is 12.3. The van der Waals surface area contributed by atoms with Gasteiger partial charge in [-0.2, -0.15) is 0 Å². The van der Waals surface area contributed by atoms with Crippen molar-refractivity contribution in [1.29, 1.82) is 0 Å². The van der Waals surface area contributed by atoms with E-state index in [0.717, 1.165) is 97.0 Å². The number of benzene rings is 6. The molecule has 0 atom stereocenters. The molecule has 0 N–H and O–H groups in total. The zero-order chi connectivity index (χ0) is 61.7. The highest BCUT2D eigenvalue weighted by Gasteiger charge is 2.16. The maximum Gasteiger partial charge on any atom is 0.113 e. The number of rotatable bonds is 34. The summed E-state index contributed by atoms with van der Waals surface area (Å²) >= 11 is 0. The highest BCUT2D eigenvalue weighted by atomic mass is 15.4. The Labute approximate surface area is 537 Å².